The van der Waals surface area contributed by atoms with Crippen molar-refractivity contribution in [1.29, 1.82) is 0 Å². The second-order valence-electron chi connectivity index (χ2n) is 18.3. The van der Waals surface area contributed by atoms with E-state index in [1.165, 1.54) is 11.1 Å². The first-order valence-corrected chi connectivity index (χ1v) is 20.4. The molecule has 0 radical (unpaired) electrons. The van der Waals surface area contributed by atoms with Gasteiger partial charge in [0.15, 0.2) is 0 Å². The first-order valence-electron chi connectivity index (χ1n) is 21.6. The number of halogens is 5. The number of hydrogen-bond donors (Lipinski definition) is 2. The Bertz CT molecular complexity index is 1540. The number of alkyl halides is 5. The lowest BCUT2D eigenvalue weighted by molar-refractivity contribution is -0.287. The lowest BCUT2D eigenvalue weighted by Crippen LogP contribution is -2.57. The molecule has 6 unspecified atom stereocenters. The zero-order valence-electron chi connectivity index (χ0n) is 37.4. The maximum atomic E-state index is 14.2. The fraction of sp³-hybridized carbons (Fsp3) is 0.857. The monoisotopic (exact) mass is 752 g/mol. The van der Waals surface area contributed by atoms with E-state index in [2.05, 4.69) is 47.6 Å². The van der Waals surface area contributed by atoms with Gasteiger partial charge in [-0.1, -0.05) is 79.6 Å². The lowest BCUT2D eigenvalue weighted by atomic mass is 9.42. The highest BCUT2D eigenvalue weighted by molar-refractivity contribution is 7.91. The first-order chi connectivity index (χ1) is 25.3. The van der Waals surface area contributed by atoms with Gasteiger partial charge < -0.3 is 14.8 Å². The fourth-order valence-corrected chi connectivity index (χ4v) is 12.6. The molecule has 0 bridgehead atoms. The molecule has 0 heterocycles. The van der Waals surface area contributed by atoms with E-state index in [0.717, 1.165) is 50.5 Å². The highest BCUT2D eigenvalue weighted by Gasteiger charge is 2.64. The maximum absolute atomic E-state index is 14.2. The summed E-state index contributed by atoms with van der Waals surface area (Å²) < 4.78 is 120. The number of rotatable bonds is 15. The number of phenolic OH excluding ortho intramolecular Hbond substituents is 1. The van der Waals surface area contributed by atoms with E-state index in [1.807, 2.05) is 19.9 Å². The number of fused-ring (bicyclic) bond motifs is 5. The van der Waals surface area contributed by atoms with E-state index < -0.39 is 52.9 Å². The summed E-state index contributed by atoms with van der Waals surface area (Å²) in [4.78, 5) is 0. The van der Waals surface area contributed by atoms with Gasteiger partial charge >= 0.3 is 12.1 Å². The fourth-order valence-electron chi connectivity index (χ4n) is 11.4. The van der Waals surface area contributed by atoms with Crippen LogP contribution in [0.2, 0.25) is 0 Å². The number of aliphatic hydroxyl groups is 1. The van der Waals surface area contributed by atoms with Gasteiger partial charge in [0.2, 0.25) is 0 Å². The molecule has 9 heteroatoms. The van der Waals surface area contributed by atoms with Crippen molar-refractivity contribution in [2.75, 3.05) is 11.5 Å². The average molecular weight is 752 g/mol. The number of aromatic hydroxyl groups is 1. The van der Waals surface area contributed by atoms with Crippen molar-refractivity contribution in [2.45, 2.75) is 151 Å². The van der Waals surface area contributed by atoms with Gasteiger partial charge in [-0.05, 0) is 134 Å². The number of phenols is 1. The van der Waals surface area contributed by atoms with Crippen molar-refractivity contribution < 1.29 is 43.6 Å². The standard InChI is InChI=1S/C42H67F5O3S/c1-24(2)40-23-39(9,10)38-33-17-30(8)35(48)19-31(33)18-32(37(38)34(40)11-12-36(40)49)16-27(5)14-25(3)13-26(4)15-28(6)21-51(50)22-29(7)20-41(43,44)42(45,46)47/h17,19,24-29,32,34,36-38,48-49H,11-16,18,20-23H2,1-10H3/t25?,26?,27?,28?,29?,32-,34+,36+,37+,38-,40-,51?/m1/s1/i20D2,22D2,29D. The van der Waals surface area contributed by atoms with Crippen molar-refractivity contribution in [3.63, 3.8) is 0 Å². The zero-order chi connectivity index (χ0) is 42.9. The van der Waals surface area contributed by atoms with Crippen LogP contribution in [0.1, 0.15) is 143 Å². The Morgan fingerprint density at radius 1 is 0.961 bits per heavy atom. The third kappa shape index (κ3) is 9.26. The molecule has 294 valence electrons. The van der Waals surface area contributed by atoms with Crippen molar-refractivity contribution in [1.82, 2.24) is 0 Å². The number of benzene rings is 1. The van der Waals surface area contributed by atoms with Crippen LogP contribution in [0.15, 0.2) is 12.1 Å². The molecule has 2 N–H and O–H groups in total. The first kappa shape index (κ1) is 35.6. The third-order valence-electron chi connectivity index (χ3n) is 12.9. The van der Waals surface area contributed by atoms with Crippen LogP contribution in [0.5, 0.6) is 5.75 Å². The summed E-state index contributed by atoms with van der Waals surface area (Å²) in [6.07, 6.45) is -4.50. The van der Waals surface area contributed by atoms with E-state index in [9.17, 15) is 36.7 Å². The Labute approximate surface area is 315 Å². The Hall–Kier alpha value is -1.06. The molecule has 1 aromatic carbocycles. The Kier molecular flexibility index (Phi) is 11.2. The van der Waals surface area contributed by atoms with Gasteiger partial charge in [0.05, 0.1) is 8.85 Å². The van der Waals surface area contributed by atoms with E-state index in [0.29, 0.717) is 60.5 Å². The molecule has 3 nitrogen and oxygen atoms in total. The van der Waals surface area contributed by atoms with Crippen LogP contribution in [0.4, 0.5) is 22.0 Å². The second kappa shape index (κ2) is 16.0. The summed E-state index contributed by atoms with van der Waals surface area (Å²) in [5.41, 5.74) is -0.240. The van der Waals surface area contributed by atoms with Crippen LogP contribution in [0, 0.1) is 71.0 Å². The van der Waals surface area contributed by atoms with E-state index >= 15 is 0 Å². The van der Waals surface area contributed by atoms with Gasteiger partial charge in [-0.25, -0.2) is 0 Å². The van der Waals surface area contributed by atoms with E-state index in [4.69, 9.17) is 6.85 Å². The quantitative estimate of drug-likeness (QED) is 0.139. The minimum atomic E-state index is -6.37. The molecule has 12 atom stereocenters. The molecule has 3 aliphatic carbocycles. The maximum Gasteiger partial charge on any atom is 0.453 e. The largest absolute Gasteiger partial charge is 0.616 e. The highest BCUT2D eigenvalue weighted by Crippen LogP contribution is 2.70. The number of aryl methyl sites for hydroxylation is 1. The predicted octanol–water partition coefficient (Wildman–Crippen LogP) is 11.5. The Morgan fingerprint density at radius 3 is 2.14 bits per heavy atom. The van der Waals surface area contributed by atoms with Crippen LogP contribution >= 0.6 is 0 Å². The summed E-state index contributed by atoms with van der Waals surface area (Å²) in [6.45, 7) is 19.8. The molecular formula is C42H67F5O3S. The molecule has 1 aromatic rings. The highest BCUT2D eigenvalue weighted by atomic mass is 32.2. The molecule has 0 aromatic heterocycles. The van der Waals surface area contributed by atoms with Crippen LogP contribution in [0.25, 0.3) is 0 Å². The topological polar surface area (TPSA) is 63.5 Å². The molecule has 3 aliphatic rings. The Balaban J connectivity index is 1.44. The molecule has 0 spiro atoms. The van der Waals surface area contributed by atoms with Crippen molar-refractivity contribution in [3.8, 4) is 5.75 Å². The molecular weight excluding hydrogens is 680 g/mol. The van der Waals surface area contributed by atoms with Gasteiger partial charge in [-0.2, -0.15) is 22.0 Å². The third-order valence-corrected chi connectivity index (χ3v) is 14.3. The van der Waals surface area contributed by atoms with E-state index in [1.54, 1.807) is 6.92 Å². The molecule has 2 fully saturated rings. The SMILES string of the molecule is [2H]C([2H])([S+]([O-])CC(C)CC(C)CC(C)CC(C)C[C@@H]1Cc2cc(O)c(C)cc2[C@@H]2[C@@H]1[C@@H]1CC[C@H](O)[C@@]1(C(C)C)CC2(C)C)C([2H])(C)C([2H])([2H])C(F)(F)C(F)(F)F. The van der Waals surface area contributed by atoms with Gasteiger partial charge in [-0.3, -0.25) is 0 Å². The van der Waals surface area contributed by atoms with E-state index in [-0.39, 0.29) is 22.9 Å². The zero-order valence-corrected chi connectivity index (χ0v) is 33.2. The minimum absolute atomic E-state index is 0.0571. The number of hydrogen-bond acceptors (Lipinski definition) is 3. The Morgan fingerprint density at radius 2 is 1.55 bits per heavy atom. The minimum Gasteiger partial charge on any atom is -0.616 e. The van der Waals surface area contributed by atoms with Gasteiger partial charge in [0, 0.05) is 27.7 Å². The summed E-state index contributed by atoms with van der Waals surface area (Å²) in [5.74, 6) is -7.71. The van der Waals surface area contributed by atoms with Gasteiger partial charge in [0.25, 0.3) is 0 Å². The van der Waals surface area contributed by atoms with Crippen LogP contribution in [-0.2, 0) is 17.6 Å². The molecule has 2 saturated carbocycles. The van der Waals surface area contributed by atoms with Crippen LogP contribution < -0.4 is 0 Å². The van der Waals surface area contributed by atoms with Crippen LogP contribution in [0.3, 0.4) is 0 Å². The summed E-state index contributed by atoms with van der Waals surface area (Å²) in [6, 6.07) is 4.19. The van der Waals surface area contributed by atoms with Crippen molar-refractivity contribution in [3.05, 3.63) is 28.8 Å². The number of aliphatic hydroxyl groups excluding tert-OH is 1. The lowest BCUT2D eigenvalue weighted by Gasteiger charge is -2.62. The summed E-state index contributed by atoms with van der Waals surface area (Å²) in [7, 11) is 0. The molecule has 0 aliphatic heterocycles. The molecule has 0 amide bonds. The van der Waals surface area contributed by atoms with Crippen LogP contribution in [-0.4, -0.2) is 44.4 Å². The normalized spacial score (nSPS) is 33.9. The van der Waals surface area contributed by atoms with Gasteiger partial charge in [0.1, 0.15) is 17.2 Å². The average Bonchev–Trinajstić information content (AvgIpc) is 3.36. The molecule has 4 rings (SSSR count). The molecule has 0 saturated heterocycles. The molecule has 51 heavy (non-hydrogen) atoms. The van der Waals surface area contributed by atoms with Crippen molar-refractivity contribution >= 4 is 11.2 Å². The van der Waals surface area contributed by atoms with Gasteiger partial charge in [-0.15, -0.1) is 0 Å². The second-order valence-corrected chi connectivity index (χ2v) is 19.5. The predicted molar refractivity (Wildman–Crippen MR) is 198 cm³/mol. The smallest absolute Gasteiger partial charge is 0.453 e. The summed E-state index contributed by atoms with van der Waals surface area (Å²) >= 11 is -2.75. The summed E-state index contributed by atoms with van der Waals surface area (Å²) in [5, 5.41) is 22.4. The van der Waals surface area contributed by atoms with Crippen molar-refractivity contribution in [2.24, 2.45) is 64.1 Å².